The van der Waals surface area contributed by atoms with Gasteiger partial charge in [-0.05, 0) is 13.0 Å². The van der Waals surface area contributed by atoms with E-state index >= 15 is 0 Å². The highest BCUT2D eigenvalue weighted by molar-refractivity contribution is 6.17. The van der Waals surface area contributed by atoms with Gasteiger partial charge in [0.2, 0.25) is 0 Å². The van der Waals surface area contributed by atoms with Crippen LogP contribution in [0.3, 0.4) is 0 Å². The van der Waals surface area contributed by atoms with Crippen LogP contribution >= 0.6 is 11.6 Å². The van der Waals surface area contributed by atoms with Crippen molar-refractivity contribution in [2.24, 2.45) is 0 Å². The molecule has 0 bridgehead atoms. The number of halogens is 3. The van der Waals surface area contributed by atoms with E-state index < -0.39 is 18.1 Å². The summed E-state index contributed by atoms with van der Waals surface area (Å²) in [6.07, 6.45) is -2.92. The fourth-order valence-electron chi connectivity index (χ4n) is 1.32. The first kappa shape index (κ1) is 14.3. The van der Waals surface area contributed by atoms with Gasteiger partial charge in [0.05, 0.1) is 24.1 Å². The van der Waals surface area contributed by atoms with Crippen molar-refractivity contribution in [1.29, 1.82) is 5.26 Å². The Kier molecular flexibility index (Phi) is 4.98. The molecule has 0 aliphatic rings. The second kappa shape index (κ2) is 6.26. The summed E-state index contributed by atoms with van der Waals surface area (Å²) in [5.74, 6) is -1.13. The van der Waals surface area contributed by atoms with Gasteiger partial charge in [0.1, 0.15) is 11.4 Å². The number of ether oxygens (including phenoxy) is 1. The quantitative estimate of drug-likeness (QED) is 0.625. The third kappa shape index (κ3) is 2.93. The van der Waals surface area contributed by atoms with Crippen molar-refractivity contribution in [3.63, 3.8) is 0 Å². The largest absolute Gasteiger partial charge is 0.461 e. The van der Waals surface area contributed by atoms with Crippen LogP contribution in [0.15, 0.2) is 6.07 Å². The van der Waals surface area contributed by atoms with Crippen LogP contribution in [-0.2, 0) is 10.6 Å². The smallest absolute Gasteiger partial charge is 0.356 e. The number of esters is 1. The minimum atomic E-state index is -2.92. The monoisotopic (exact) mass is 274 g/mol. The normalized spacial score (nSPS) is 10.2. The van der Waals surface area contributed by atoms with Gasteiger partial charge in [-0.1, -0.05) is 0 Å². The van der Waals surface area contributed by atoms with Crippen molar-refractivity contribution in [3.8, 4) is 6.07 Å². The van der Waals surface area contributed by atoms with Crippen LogP contribution in [0.25, 0.3) is 0 Å². The van der Waals surface area contributed by atoms with Gasteiger partial charge in [-0.25, -0.2) is 18.6 Å². The molecule has 1 aromatic heterocycles. The van der Waals surface area contributed by atoms with Crippen molar-refractivity contribution in [2.75, 3.05) is 6.61 Å². The summed E-state index contributed by atoms with van der Waals surface area (Å²) in [7, 11) is 0. The highest BCUT2D eigenvalue weighted by Gasteiger charge is 2.22. The van der Waals surface area contributed by atoms with E-state index in [1.54, 1.807) is 13.0 Å². The lowest BCUT2D eigenvalue weighted by atomic mass is 10.1. The van der Waals surface area contributed by atoms with E-state index in [1.807, 2.05) is 0 Å². The Bertz CT molecular complexity index is 501. The molecule has 0 saturated carbocycles. The van der Waals surface area contributed by atoms with Gasteiger partial charge in [0.25, 0.3) is 6.43 Å². The highest BCUT2D eigenvalue weighted by atomic mass is 35.5. The zero-order valence-corrected chi connectivity index (χ0v) is 10.2. The number of hydrogen-bond acceptors (Lipinski definition) is 4. The maximum Gasteiger partial charge on any atom is 0.356 e. The molecule has 0 N–H and O–H groups in total. The average molecular weight is 275 g/mol. The second-order valence-corrected chi connectivity index (χ2v) is 3.45. The van der Waals surface area contributed by atoms with E-state index in [-0.39, 0.29) is 29.3 Å². The zero-order chi connectivity index (χ0) is 13.7. The van der Waals surface area contributed by atoms with Gasteiger partial charge in [-0.15, -0.1) is 11.6 Å². The van der Waals surface area contributed by atoms with E-state index in [0.717, 1.165) is 6.07 Å². The lowest BCUT2D eigenvalue weighted by Gasteiger charge is -2.09. The summed E-state index contributed by atoms with van der Waals surface area (Å²) in [5, 5.41) is 8.86. The zero-order valence-electron chi connectivity index (χ0n) is 9.41. The molecule has 1 rings (SSSR count). The molecule has 0 fully saturated rings. The number of carbonyl (C=O) groups is 1. The predicted molar refractivity (Wildman–Crippen MR) is 59.4 cm³/mol. The molecule has 0 spiro atoms. The molecule has 0 saturated heterocycles. The number of rotatable bonds is 4. The van der Waals surface area contributed by atoms with Gasteiger partial charge in [0, 0.05) is 5.56 Å². The number of pyridine rings is 1. The van der Waals surface area contributed by atoms with Crippen molar-refractivity contribution in [3.05, 3.63) is 28.6 Å². The van der Waals surface area contributed by atoms with E-state index in [9.17, 15) is 13.6 Å². The topological polar surface area (TPSA) is 63.0 Å². The summed E-state index contributed by atoms with van der Waals surface area (Å²) in [6, 6.07) is 2.81. The third-order valence-electron chi connectivity index (χ3n) is 2.10. The first-order valence-corrected chi connectivity index (χ1v) is 5.53. The highest BCUT2D eigenvalue weighted by Crippen LogP contribution is 2.26. The number of aromatic nitrogens is 1. The molecule has 1 heterocycles. The van der Waals surface area contributed by atoms with Gasteiger partial charge in [-0.3, -0.25) is 0 Å². The summed E-state index contributed by atoms with van der Waals surface area (Å²) < 4.78 is 30.2. The lowest BCUT2D eigenvalue weighted by Crippen LogP contribution is -2.11. The molecule has 0 aliphatic heterocycles. The number of alkyl halides is 3. The molecule has 18 heavy (non-hydrogen) atoms. The maximum absolute atomic E-state index is 12.8. The predicted octanol–water partition coefficient (Wildman–Crippen LogP) is 2.81. The minimum Gasteiger partial charge on any atom is -0.461 e. The van der Waals surface area contributed by atoms with Gasteiger partial charge in [0.15, 0.2) is 0 Å². The number of nitrogens with zero attached hydrogens (tertiary/aromatic N) is 2. The standard InChI is InChI=1S/C11H9ClF2N2O2/c1-2-18-11(17)8-3-6(5-15)7(4-12)9(16-8)10(13)14/h3,10H,2,4H2,1H3. The molecule has 0 radical (unpaired) electrons. The van der Waals surface area contributed by atoms with Gasteiger partial charge < -0.3 is 4.74 Å². The van der Waals surface area contributed by atoms with Crippen molar-refractivity contribution in [1.82, 2.24) is 4.98 Å². The molecule has 96 valence electrons. The van der Waals surface area contributed by atoms with Crippen LogP contribution in [0.5, 0.6) is 0 Å². The summed E-state index contributed by atoms with van der Waals surface area (Å²) in [5.41, 5.74) is -1.15. The Morgan fingerprint density at radius 2 is 2.33 bits per heavy atom. The second-order valence-electron chi connectivity index (χ2n) is 3.19. The molecular formula is C11H9ClF2N2O2. The Morgan fingerprint density at radius 3 is 2.78 bits per heavy atom. The SMILES string of the molecule is CCOC(=O)c1cc(C#N)c(CCl)c(C(F)F)n1. The molecule has 0 atom stereocenters. The molecule has 0 amide bonds. The lowest BCUT2D eigenvalue weighted by molar-refractivity contribution is 0.0517. The molecule has 0 unspecified atom stereocenters. The van der Waals surface area contributed by atoms with Gasteiger partial charge >= 0.3 is 5.97 Å². The van der Waals surface area contributed by atoms with E-state index in [0.29, 0.717) is 0 Å². The first-order chi connectivity index (χ1) is 8.54. The van der Waals surface area contributed by atoms with Crippen LogP contribution in [0.1, 0.15) is 40.7 Å². The molecule has 7 heteroatoms. The summed E-state index contributed by atoms with van der Waals surface area (Å²) in [4.78, 5) is 14.9. The van der Waals surface area contributed by atoms with Crippen LogP contribution in [0, 0.1) is 11.3 Å². The molecule has 4 nitrogen and oxygen atoms in total. The Morgan fingerprint density at radius 1 is 1.67 bits per heavy atom. The molecule has 0 aromatic carbocycles. The van der Waals surface area contributed by atoms with Crippen molar-refractivity contribution >= 4 is 17.6 Å². The summed E-state index contributed by atoms with van der Waals surface area (Å²) >= 11 is 5.51. The molecule has 1 aromatic rings. The van der Waals surface area contributed by atoms with E-state index in [4.69, 9.17) is 16.9 Å². The summed E-state index contributed by atoms with van der Waals surface area (Å²) in [6.45, 7) is 1.66. The Balaban J connectivity index is 3.37. The van der Waals surface area contributed by atoms with Crippen LogP contribution in [0.4, 0.5) is 8.78 Å². The number of carbonyl (C=O) groups excluding carboxylic acids is 1. The Hall–Kier alpha value is -1.74. The fraction of sp³-hybridized carbons (Fsp3) is 0.364. The molecule has 0 aliphatic carbocycles. The van der Waals surface area contributed by atoms with Crippen LogP contribution in [-0.4, -0.2) is 17.6 Å². The van der Waals surface area contributed by atoms with Gasteiger partial charge in [-0.2, -0.15) is 5.26 Å². The maximum atomic E-state index is 12.8. The average Bonchev–Trinajstić information content (AvgIpc) is 2.37. The Labute approximate surface area is 107 Å². The first-order valence-electron chi connectivity index (χ1n) is 5.00. The number of nitriles is 1. The molecular weight excluding hydrogens is 266 g/mol. The van der Waals surface area contributed by atoms with Crippen LogP contribution < -0.4 is 0 Å². The van der Waals surface area contributed by atoms with Crippen LogP contribution in [0.2, 0.25) is 0 Å². The minimum absolute atomic E-state index is 0.0674. The number of hydrogen-bond donors (Lipinski definition) is 0. The van der Waals surface area contributed by atoms with E-state index in [2.05, 4.69) is 9.72 Å². The van der Waals surface area contributed by atoms with Crippen molar-refractivity contribution < 1.29 is 18.3 Å². The third-order valence-corrected chi connectivity index (χ3v) is 2.37. The fourth-order valence-corrected chi connectivity index (χ4v) is 1.60. The van der Waals surface area contributed by atoms with Crippen molar-refractivity contribution in [2.45, 2.75) is 19.2 Å². The van der Waals surface area contributed by atoms with E-state index in [1.165, 1.54) is 0 Å².